The van der Waals surface area contributed by atoms with Crippen molar-refractivity contribution in [2.45, 2.75) is 32.3 Å². The van der Waals surface area contributed by atoms with E-state index in [-0.39, 0.29) is 11.6 Å². The highest BCUT2D eigenvalue weighted by Crippen LogP contribution is 2.18. The monoisotopic (exact) mass is 229 g/mol. The number of nitrogens with one attached hydrogen (secondary N) is 1. The Labute approximate surface area is 97.3 Å². The van der Waals surface area contributed by atoms with E-state index in [4.69, 9.17) is 10.5 Å². The summed E-state index contributed by atoms with van der Waals surface area (Å²) in [4.78, 5) is 13.0. The molecule has 0 aromatic rings. The van der Waals surface area contributed by atoms with E-state index in [9.17, 15) is 4.79 Å². The molecule has 0 bridgehead atoms. The minimum atomic E-state index is -0.212. The van der Waals surface area contributed by atoms with Crippen molar-refractivity contribution in [3.05, 3.63) is 0 Å². The van der Waals surface area contributed by atoms with E-state index < -0.39 is 0 Å². The molecule has 0 radical (unpaired) electrons. The van der Waals surface area contributed by atoms with Crippen LogP contribution in [0.2, 0.25) is 0 Å². The van der Waals surface area contributed by atoms with Crippen molar-refractivity contribution in [3.63, 3.8) is 0 Å². The molecule has 0 aromatic heterocycles. The van der Waals surface area contributed by atoms with Crippen LogP contribution in [-0.4, -0.2) is 49.3 Å². The van der Waals surface area contributed by atoms with Gasteiger partial charge in [-0.2, -0.15) is 0 Å². The number of amides is 2. The van der Waals surface area contributed by atoms with Crippen LogP contribution in [0, 0.1) is 0 Å². The van der Waals surface area contributed by atoms with Crippen LogP contribution in [0.1, 0.15) is 26.7 Å². The molecule has 1 rings (SSSR count). The molecule has 0 unspecified atom stereocenters. The highest BCUT2D eigenvalue weighted by Gasteiger charge is 2.26. The third-order valence-corrected chi connectivity index (χ3v) is 3.38. The second-order valence-electron chi connectivity index (χ2n) is 4.16. The Bertz CT molecular complexity index is 221. The number of rotatable bonds is 7. The molecule has 1 heterocycles. The molecule has 5 nitrogen and oxygen atoms in total. The number of hydrogen-bond donors (Lipinski definition) is 2. The number of nitrogens with two attached hydrogens (primary N) is 1. The predicted octanol–water partition coefficient (Wildman–Crippen LogP) is 0.546. The summed E-state index contributed by atoms with van der Waals surface area (Å²) in [6, 6.07) is 0.00921. The Hall–Kier alpha value is -0.810. The molecule has 94 valence electrons. The molecule has 1 aliphatic rings. The first-order valence-electron chi connectivity index (χ1n) is 6.04. The van der Waals surface area contributed by atoms with E-state index in [2.05, 4.69) is 19.2 Å². The highest BCUT2D eigenvalue weighted by molar-refractivity contribution is 5.76. The van der Waals surface area contributed by atoms with E-state index in [1.165, 1.54) is 0 Å². The summed E-state index contributed by atoms with van der Waals surface area (Å²) in [6.07, 6.45) is 1.82. The fourth-order valence-corrected chi connectivity index (χ4v) is 1.90. The SMILES string of the molecule is CCC(CC)(CN)OCCN1CCNC1=O. The van der Waals surface area contributed by atoms with Crippen molar-refractivity contribution in [2.75, 3.05) is 32.8 Å². The zero-order valence-corrected chi connectivity index (χ0v) is 10.3. The second kappa shape index (κ2) is 6.06. The number of hydrogen-bond acceptors (Lipinski definition) is 3. The zero-order chi connectivity index (χ0) is 12.0. The topological polar surface area (TPSA) is 67.6 Å². The Morgan fingerprint density at radius 2 is 2.19 bits per heavy atom. The highest BCUT2D eigenvalue weighted by atomic mass is 16.5. The zero-order valence-electron chi connectivity index (χ0n) is 10.3. The van der Waals surface area contributed by atoms with Crippen molar-refractivity contribution in [3.8, 4) is 0 Å². The number of ether oxygens (including phenoxy) is 1. The van der Waals surface area contributed by atoms with Crippen LogP contribution in [0.3, 0.4) is 0 Å². The lowest BCUT2D eigenvalue weighted by Gasteiger charge is -2.31. The Morgan fingerprint density at radius 1 is 1.50 bits per heavy atom. The largest absolute Gasteiger partial charge is 0.372 e. The summed E-state index contributed by atoms with van der Waals surface area (Å²) in [5.74, 6) is 0. The van der Waals surface area contributed by atoms with Gasteiger partial charge in [0.05, 0.1) is 12.2 Å². The van der Waals surface area contributed by atoms with E-state index >= 15 is 0 Å². The van der Waals surface area contributed by atoms with Gasteiger partial charge in [0, 0.05) is 26.2 Å². The molecule has 2 amide bonds. The molecule has 0 saturated carbocycles. The summed E-state index contributed by atoms with van der Waals surface area (Å²) < 4.78 is 5.84. The lowest BCUT2D eigenvalue weighted by molar-refractivity contribution is -0.0478. The average molecular weight is 229 g/mol. The summed E-state index contributed by atoms with van der Waals surface area (Å²) >= 11 is 0. The summed E-state index contributed by atoms with van der Waals surface area (Å²) in [7, 11) is 0. The molecule has 16 heavy (non-hydrogen) atoms. The Morgan fingerprint density at radius 3 is 2.62 bits per heavy atom. The van der Waals surface area contributed by atoms with Crippen molar-refractivity contribution in [2.24, 2.45) is 5.73 Å². The number of nitrogens with zero attached hydrogens (tertiary/aromatic N) is 1. The van der Waals surface area contributed by atoms with Gasteiger partial charge in [-0.25, -0.2) is 4.79 Å². The van der Waals surface area contributed by atoms with Crippen molar-refractivity contribution in [1.29, 1.82) is 0 Å². The minimum absolute atomic E-state index is 0.00921. The number of urea groups is 1. The van der Waals surface area contributed by atoms with E-state index in [0.29, 0.717) is 19.7 Å². The van der Waals surface area contributed by atoms with Crippen LogP contribution < -0.4 is 11.1 Å². The standard InChI is InChI=1S/C11H23N3O2/c1-3-11(4-2,9-12)16-8-7-14-6-5-13-10(14)15/h3-9,12H2,1-2H3,(H,13,15). The first-order chi connectivity index (χ1) is 7.67. The molecule has 1 saturated heterocycles. The van der Waals surface area contributed by atoms with Gasteiger partial charge in [-0.15, -0.1) is 0 Å². The normalized spacial score (nSPS) is 16.7. The summed E-state index contributed by atoms with van der Waals surface area (Å²) in [5.41, 5.74) is 5.52. The third-order valence-electron chi connectivity index (χ3n) is 3.38. The van der Waals surface area contributed by atoms with E-state index in [1.54, 1.807) is 4.90 Å². The maximum atomic E-state index is 11.3. The van der Waals surface area contributed by atoms with Crippen molar-refractivity contribution in [1.82, 2.24) is 10.2 Å². The van der Waals surface area contributed by atoms with Gasteiger partial charge >= 0.3 is 6.03 Å². The van der Waals surface area contributed by atoms with Gasteiger partial charge in [-0.05, 0) is 12.8 Å². The molecule has 1 aliphatic heterocycles. The molecule has 3 N–H and O–H groups in total. The Kier molecular flexibility index (Phi) is 5.02. The lowest BCUT2D eigenvalue weighted by atomic mass is 9.97. The van der Waals surface area contributed by atoms with Crippen LogP contribution in [0.5, 0.6) is 0 Å². The first kappa shape index (κ1) is 13.3. The van der Waals surface area contributed by atoms with Crippen molar-refractivity contribution >= 4 is 6.03 Å². The Balaban J connectivity index is 2.30. The molecular formula is C11H23N3O2. The summed E-state index contributed by atoms with van der Waals surface area (Å²) in [6.45, 7) is 7.42. The number of carbonyl (C=O) groups is 1. The van der Waals surface area contributed by atoms with Gasteiger partial charge in [0.15, 0.2) is 0 Å². The second-order valence-corrected chi connectivity index (χ2v) is 4.16. The van der Waals surface area contributed by atoms with E-state index in [0.717, 1.165) is 25.9 Å². The lowest BCUT2D eigenvalue weighted by Crippen LogP contribution is -2.42. The fourth-order valence-electron chi connectivity index (χ4n) is 1.90. The third kappa shape index (κ3) is 3.09. The van der Waals surface area contributed by atoms with E-state index in [1.807, 2.05) is 0 Å². The molecule has 0 spiro atoms. The van der Waals surface area contributed by atoms with Crippen LogP contribution >= 0.6 is 0 Å². The van der Waals surface area contributed by atoms with Gasteiger partial charge in [0.25, 0.3) is 0 Å². The maximum absolute atomic E-state index is 11.3. The van der Waals surface area contributed by atoms with Crippen LogP contribution in [0.4, 0.5) is 4.79 Å². The van der Waals surface area contributed by atoms with Crippen LogP contribution in [-0.2, 0) is 4.74 Å². The molecular weight excluding hydrogens is 206 g/mol. The molecule has 0 atom stereocenters. The minimum Gasteiger partial charge on any atom is -0.372 e. The fraction of sp³-hybridized carbons (Fsp3) is 0.909. The van der Waals surface area contributed by atoms with Gasteiger partial charge in [0.2, 0.25) is 0 Å². The van der Waals surface area contributed by atoms with Gasteiger partial charge in [0.1, 0.15) is 0 Å². The van der Waals surface area contributed by atoms with Crippen LogP contribution in [0.15, 0.2) is 0 Å². The first-order valence-corrected chi connectivity index (χ1v) is 6.04. The quantitative estimate of drug-likeness (QED) is 0.670. The number of carbonyl (C=O) groups excluding carboxylic acids is 1. The van der Waals surface area contributed by atoms with Gasteiger partial charge in [-0.1, -0.05) is 13.8 Å². The predicted molar refractivity (Wildman–Crippen MR) is 63.3 cm³/mol. The van der Waals surface area contributed by atoms with Crippen molar-refractivity contribution < 1.29 is 9.53 Å². The average Bonchev–Trinajstić information content (AvgIpc) is 2.71. The molecule has 0 aliphatic carbocycles. The molecule has 5 heteroatoms. The van der Waals surface area contributed by atoms with Gasteiger partial charge in [-0.3, -0.25) is 0 Å². The summed E-state index contributed by atoms with van der Waals surface area (Å²) in [5, 5.41) is 2.77. The smallest absolute Gasteiger partial charge is 0.317 e. The van der Waals surface area contributed by atoms with Crippen LogP contribution in [0.25, 0.3) is 0 Å². The maximum Gasteiger partial charge on any atom is 0.317 e. The molecule has 1 fully saturated rings. The molecule has 0 aromatic carbocycles. The van der Waals surface area contributed by atoms with Gasteiger partial charge < -0.3 is 20.7 Å².